The van der Waals surface area contributed by atoms with E-state index in [9.17, 15) is 9.59 Å². The average molecular weight is 277 g/mol. The van der Waals surface area contributed by atoms with E-state index in [-0.39, 0.29) is 11.7 Å². The molecule has 1 aromatic rings. The molecular weight excluding hydrogens is 258 g/mol. The van der Waals surface area contributed by atoms with Crippen molar-refractivity contribution in [2.75, 3.05) is 7.11 Å². The van der Waals surface area contributed by atoms with Gasteiger partial charge >= 0.3 is 6.09 Å². The molecule has 2 N–H and O–H groups in total. The second-order valence-electron chi connectivity index (χ2n) is 4.68. The molecule has 5 heteroatoms. The molecule has 0 bridgehead atoms. The summed E-state index contributed by atoms with van der Waals surface area (Å²) in [6, 6.07) is 6.51. The molecule has 108 valence electrons. The van der Waals surface area contributed by atoms with Gasteiger partial charge in [0.2, 0.25) is 0 Å². The number of nitrogens with one attached hydrogen (secondary N) is 1. The zero-order chi connectivity index (χ0) is 15.1. The summed E-state index contributed by atoms with van der Waals surface area (Å²) in [5.74, 6) is 0.308. The molecule has 5 nitrogen and oxygen atoms in total. The standard InChI is InChI=1S/C15H19NO4/c1-10(2)14(16-15(18)19)13(17)8-7-11-5-4-6-12(9-11)20-3/h4-10,14,16H,1-3H3,(H,18,19)/b8-7+/t14-/m1/s1. The maximum Gasteiger partial charge on any atom is 0.405 e. The van der Waals surface area contributed by atoms with Gasteiger partial charge in [0.1, 0.15) is 5.75 Å². The Morgan fingerprint density at radius 2 is 2.05 bits per heavy atom. The van der Waals surface area contributed by atoms with Crippen molar-refractivity contribution < 1.29 is 19.4 Å². The van der Waals surface area contributed by atoms with Crippen LogP contribution in [0.1, 0.15) is 19.4 Å². The summed E-state index contributed by atoms with van der Waals surface area (Å²) in [5, 5.41) is 11.0. The fourth-order valence-corrected chi connectivity index (χ4v) is 1.73. The van der Waals surface area contributed by atoms with Crippen LogP contribution in [-0.4, -0.2) is 30.1 Å². The van der Waals surface area contributed by atoms with Crippen LogP contribution in [0.25, 0.3) is 6.08 Å². The van der Waals surface area contributed by atoms with Crippen molar-refractivity contribution in [1.29, 1.82) is 0 Å². The second-order valence-corrected chi connectivity index (χ2v) is 4.68. The van der Waals surface area contributed by atoms with Crippen LogP contribution >= 0.6 is 0 Å². The topological polar surface area (TPSA) is 75.6 Å². The fraction of sp³-hybridized carbons (Fsp3) is 0.333. The zero-order valence-corrected chi connectivity index (χ0v) is 11.8. The monoisotopic (exact) mass is 277 g/mol. The molecule has 0 unspecified atom stereocenters. The molecule has 0 fully saturated rings. The number of methoxy groups -OCH3 is 1. The molecule has 0 spiro atoms. The first kappa shape index (κ1) is 15.8. The normalized spacial score (nSPS) is 12.4. The van der Waals surface area contributed by atoms with Gasteiger partial charge in [-0.15, -0.1) is 0 Å². The highest BCUT2D eigenvalue weighted by atomic mass is 16.5. The van der Waals surface area contributed by atoms with Crippen LogP contribution in [0.4, 0.5) is 4.79 Å². The van der Waals surface area contributed by atoms with Gasteiger partial charge in [-0.1, -0.05) is 32.1 Å². The van der Waals surface area contributed by atoms with Crippen molar-refractivity contribution in [1.82, 2.24) is 5.32 Å². The Morgan fingerprint density at radius 1 is 1.35 bits per heavy atom. The third-order valence-electron chi connectivity index (χ3n) is 2.79. The highest BCUT2D eigenvalue weighted by molar-refractivity contribution is 5.99. The van der Waals surface area contributed by atoms with Crippen molar-refractivity contribution >= 4 is 18.0 Å². The van der Waals surface area contributed by atoms with Gasteiger partial charge in [0.15, 0.2) is 5.78 Å². The maximum absolute atomic E-state index is 12.0. The summed E-state index contributed by atoms with van der Waals surface area (Å²) in [6.07, 6.45) is 1.82. The summed E-state index contributed by atoms with van der Waals surface area (Å²) in [7, 11) is 1.57. The molecule has 0 aliphatic heterocycles. The van der Waals surface area contributed by atoms with Crippen LogP contribution in [0.3, 0.4) is 0 Å². The minimum Gasteiger partial charge on any atom is -0.497 e. The first-order valence-corrected chi connectivity index (χ1v) is 6.29. The van der Waals surface area contributed by atoms with Gasteiger partial charge in [-0.25, -0.2) is 4.79 Å². The largest absolute Gasteiger partial charge is 0.497 e. The quantitative estimate of drug-likeness (QED) is 0.784. The summed E-state index contributed by atoms with van der Waals surface area (Å²) >= 11 is 0. The predicted octanol–water partition coefficient (Wildman–Crippen LogP) is 2.57. The van der Waals surface area contributed by atoms with Gasteiger partial charge in [-0.3, -0.25) is 4.79 Å². The molecular formula is C15H19NO4. The number of rotatable bonds is 6. The van der Waals surface area contributed by atoms with Gasteiger partial charge in [-0.2, -0.15) is 0 Å². The van der Waals surface area contributed by atoms with Crippen LogP contribution in [-0.2, 0) is 4.79 Å². The van der Waals surface area contributed by atoms with E-state index >= 15 is 0 Å². The van der Waals surface area contributed by atoms with Crippen molar-refractivity contribution in [3.63, 3.8) is 0 Å². The smallest absolute Gasteiger partial charge is 0.405 e. The third-order valence-corrected chi connectivity index (χ3v) is 2.79. The Balaban J connectivity index is 2.80. The lowest BCUT2D eigenvalue weighted by Gasteiger charge is -2.17. The third kappa shape index (κ3) is 4.76. The average Bonchev–Trinajstić information content (AvgIpc) is 2.42. The summed E-state index contributed by atoms with van der Waals surface area (Å²) in [5.41, 5.74) is 0.815. The Hall–Kier alpha value is -2.30. The van der Waals surface area contributed by atoms with E-state index < -0.39 is 12.1 Å². The molecule has 1 rings (SSSR count). The van der Waals surface area contributed by atoms with E-state index in [2.05, 4.69) is 5.32 Å². The number of benzene rings is 1. The molecule has 0 aliphatic rings. The number of hydrogen-bond acceptors (Lipinski definition) is 3. The maximum atomic E-state index is 12.0. The van der Waals surface area contributed by atoms with Crippen LogP contribution in [0.5, 0.6) is 5.75 Å². The lowest BCUT2D eigenvalue weighted by atomic mass is 9.99. The van der Waals surface area contributed by atoms with E-state index in [4.69, 9.17) is 9.84 Å². The van der Waals surface area contributed by atoms with E-state index in [1.165, 1.54) is 6.08 Å². The molecule has 0 aliphatic carbocycles. The summed E-state index contributed by atoms with van der Waals surface area (Å²) in [6.45, 7) is 3.58. The molecule has 20 heavy (non-hydrogen) atoms. The lowest BCUT2D eigenvalue weighted by molar-refractivity contribution is -0.117. The van der Waals surface area contributed by atoms with E-state index in [0.717, 1.165) is 5.56 Å². The molecule has 0 aromatic heterocycles. The van der Waals surface area contributed by atoms with Crippen molar-refractivity contribution in [2.45, 2.75) is 19.9 Å². The Morgan fingerprint density at radius 3 is 2.60 bits per heavy atom. The molecule has 0 heterocycles. The SMILES string of the molecule is COc1cccc(/C=C/C(=O)[C@H](NC(=O)O)C(C)C)c1. The molecule has 0 saturated carbocycles. The second kappa shape index (κ2) is 7.33. The highest BCUT2D eigenvalue weighted by Gasteiger charge is 2.21. The number of carbonyl (C=O) groups is 2. The van der Waals surface area contributed by atoms with Gasteiger partial charge < -0.3 is 15.2 Å². The first-order chi connectivity index (χ1) is 9.43. The number of carbonyl (C=O) groups excluding carboxylic acids is 1. The summed E-state index contributed by atoms with van der Waals surface area (Å²) < 4.78 is 5.09. The zero-order valence-electron chi connectivity index (χ0n) is 11.8. The van der Waals surface area contributed by atoms with E-state index in [1.54, 1.807) is 33.1 Å². The van der Waals surface area contributed by atoms with E-state index in [1.807, 2.05) is 18.2 Å². The Kier molecular flexibility index (Phi) is 5.77. The Labute approximate surface area is 118 Å². The van der Waals surface area contributed by atoms with Crippen molar-refractivity contribution in [3.05, 3.63) is 35.9 Å². The predicted molar refractivity (Wildman–Crippen MR) is 76.8 cm³/mol. The lowest BCUT2D eigenvalue weighted by Crippen LogP contribution is -2.43. The number of amides is 1. The number of hydrogen-bond donors (Lipinski definition) is 2. The van der Waals surface area contributed by atoms with Crippen LogP contribution in [0.2, 0.25) is 0 Å². The summed E-state index contributed by atoms with van der Waals surface area (Å²) in [4.78, 5) is 22.7. The minimum atomic E-state index is -1.20. The van der Waals surface area contributed by atoms with Gasteiger partial charge in [0.25, 0.3) is 0 Å². The Bertz CT molecular complexity index is 508. The number of ketones is 1. The van der Waals surface area contributed by atoms with Crippen LogP contribution in [0, 0.1) is 5.92 Å². The van der Waals surface area contributed by atoms with Gasteiger partial charge in [0, 0.05) is 0 Å². The molecule has 1 atom stereocenters. The van der Waals surface area contributed by atoms with Crippen molar-refractivity contribution in [2.24, 2.45) is 5.92 Å². The minimum absolute atomic E-state index is 0.117. The fourth-order valence-electron chi connectivity index (χ4n) is 1.73. The molecule has 1 amide bonds. The molecule has 1 aromatic carbocycles. The molecule has 0 radical (unpaired) electrons. The van der Waals surface area contributed by atoms with Crippen molar-refractivity contribution in [3.8, 4) is 5.75 Å². The van der Waals surface area contributed by atoms with Crippen LogP contribution in [0.15, 0.2) is 30.3 Å². The van der Waals surface area contributed by atoms with Gasteiger partial charge in [0.05, 0.1) is 13.2 Å². The first-order valence-electron chi connectivity index (χ1n) is 6.29. The highest BCUT2D eigenvalue weighted by Crippen LogP contribution is 2.14. The van der Waals surface area contributed by atoms with E-state index in [0.29, 0.717) is 5.75 Å². The van der Waals surface area contributed by atoms with Gasteiger partial charge in [-0.05, 0) is 29.7 Å². The number of ether oxygens (including phenoxy) is 1. The molecule has 0 saturated heterocycles. The number of carboxylic acid groups (broad SMARTS) is 1. The van der Waals surface area contributed by atoms with Crippen LogP contribution < -0.4 is 10.1 Å².